The van der Waals surface area contributed by atoms with Gasteiger partial charge in [0.05, 0.1) is 0 Å². The van der Waals surface area contributed by atoms with Gasteiger partial charge in [0, 0.05) is 11.6 Å². The van der Waals surface area contributed by atoms with Gasteiger partial charge in [-0.2, -0.15) is 0 Å². The van der Waals surface area contributed by atoms with Crippen LogP contribution in [0.3, 0.4) is 0 Å². The third-order valence-corrected chi connectivity index (χ3v) is 3.32. The van der Waals surface area contributed by atoms with Crippen molar-refractivity contribution in [1.82, 2.24) is 0 Å². The number of hydrogen-bond donors (Lipinski definition) is 1. The molecule has 0 fully saturated rings. The topological polar surface area (TPSA) is 35.2 Å². The van der Waals surface area contributed by atoms with Crippen LogP contribution in [-0.4, -0.2) is 0 Å². The highest BCUT2D eigenvalue weighted by molar-refractivity contribution is 5.43. The highest BCUT2D eigenvalue weighted by Gasteiger charge is 2.13. The number of ether oxygens (including phenoxy) is 1. The average Bonchev–Trinajstić information content (AvgIpc) is 2.42. The first-order valence-electron chi connectivity index (χ1n) is 6.83. The fourth-order valence-corrected chi connectivity index (χ4v) is 2.07. The van der Waals surface area contributed by atoms with E-state index in [4.69, 9.17) is 10.5 Å². The van der Waals surface area contributed by atoms with Crippen molar-refractivity contribution in [1.29, 1.82) is 0 Å². The van der Waals surface area contributed by atoms with Crippen molar-refractivity contribution in [3.63, 3.8) is 0 Å². The Hall–Kier alpha value is -1.87. The molecular weight excluding hydrogens is 253 g/mol. The summed E-state index contributed by atoms with van der Waals surface area (Å²) in [6, 6.07) is 10.8. The fourth-order valence-electron chi connectivity index (χ4n) is 2.07. The lowest BCUT2D eigenvalue weighted by molar-refractivity contribution is 0.467. The Labute approximate surface area is 119 Å². The molecule has 0 saturated carbocycles. The number of hydrogen-bond acceptors (Lipinski definition) is 2. The van der Waals surface area contributed by atoms with Crippen LogP contribution in [0.5, 0.6) is 11.5 Å². The van der Waals surface area contributed by atoms with Gasteiger partial charge in [-0.25, -0.2) is 4.39 Å². The van der Waals surface area contributed by atoms with Crippen molar-refractivity contribution in [2.45, 2.75) is 33.2 Å². The predicted molar refractivity (Wildman–Crippen MR) is 79.6 cm³/mol. The number of nitrogens with two attached hydrogens (primary N) is 1. The first kappa shape index (κ1) is 14.5. The van der Waals surface area contributed by atoms with Crippen LogP contribution in [0.15, 0.2) is 36.4 Å². The van der Waals surface area contributed by atoms with E-state index in [1.807, 2.05) is 25.1 Å². The molecule has 0 aliphatic carbocycles. The molecule has 0 amide bonds. The van der Waals surface area contributed by atoms with Gasteiger partial charge in [-0.05, 0) is 55.7 Å². The minimum absolute atomic E-state index is 0.257. The summed E-state index contributed by atoms with van der Waals surface area (Å²) in [5.41, 5.74) is 8.32. The number of aryl methyl sites for hydroxylation is 2. The minimum atomic E-state index is -0.283. The van der Waals surface area contributed by atoms with E-state index in [2.05, 4.69) is 13.0 Å². The van der Waals surface area contributed by atoms with Crippen molar-refractivity contribution in [3.05, 3.63) is 58.9 Å². The molecule has 0 aliphatic rings. The fraction of sp³-hybridized carbons (Fsp3) is 0.294. The first-order valence-corrected chi connectivity index (χ1v) is 6.83. The van der Waals surface area contributed by atoms with Crippen LogP contribution in [-0.2, 0) is 6.42 Å². The van der Waals surface area contributed by atoms with Gasteiger partial charge in [0.15, 0.2) is 0 Å². The van der Waals surface area contributed by atoms with Gasteiger partial charge in [0.1, 0.15) is 17.3 Å². The lowest BCUT2D eigenvalue weighted by atomic mass is 10.0. The van der Waals surface area contributed by atoms with E-state index >= 15 is 0 Å². The zero-order valence-electron chi connectivity index (χ0n) is 12.1. The Balaban J connectivity index is 2.39. The molecule has 2 rings (SSSR count). The van der Waals surface area contributed by atoms with Crippen molar-refractivity contribution in [2.24, 2.45) is 5.73 Å². The first-order chi connectivity index (χ1) is 9.51. The Morgan fingerprint density at radius 2 is 2.00 bits per heavy atom. The minimum Gasteiger partial charge on any atom is -0.457 e. The summed E-state index contributed by atoms with van der Waals surface area (Å²) in [6.45, 7) is 5.63. The van der Waals surface area contributed by atoms with E-state index in [1.54, 1.807) is 13.0 Å². The van der Waals surface area contributed by atoms with E-state index in [-0.39, 0.29) is 11.9 Å². The number of halogens is 1. The Kier molecular flexibility index (Phi) is 4.40. The number of benzene rings is 2. The molecule has 0 unspecified atom stereocenters. The molecule has 0 aliphatic heterocycles. The molecule has 0 radical (unpaired) electrons. The molecule has 0 saturated heterocycles. The van der Waals surface area contributed by atoms with Gasteiger partial charge < -0.3 is 10.5 Å². The zero-order chi connectivity index (χ0) is 14.7. The summed E-state index contributed by atoms with van der Waals surface area (Å²) in [4.78, 5) is 0. The van der Waals surface area contributed by atoms with E-state index in [1.165, 1.54) is 11.6 Å². The van der Waals surface area contributed by atoms with Gasteiger partial charge in [0.2, 0.25) is 0 Å². The van der Waals surface area contributed by atoms with Crippen LogP contribution < -0.4 is 10.5 Å². The smallest absolute Gasteiger partial charge is 0.132 e. The number of rotatable bonds is 4. The molecule has 0 spiro atoms. The molecule has 0 aromatic heterocycles. The van der Waals surface area contributed by atoms with Crippen LogP contribution in [0.25, 0.3) is 0 Å². The average molecular weight is 273 g/mol. The van der Waals surface area contributed by atoms with E-state index < -0.39 is 0 Å². The van der Waals surface area contributed by atoms with E-state index in [0.29, 0.717) is 16.9 Å². The summed E-state index contributed by atoms with van der Waals surface area (Å²) in [6.07, 6.45) is 0.944. The Morgan fingerprint density at radius 3 is 2.65 bits per heavy atom. The van der Waals surface area contributed by atoms with Crippen LogP contribution in [0, 0.1) is 12.7 Å². The maximum absolute atomic E-state index is 13.7. The second-order valence-electron chi connectivity index (χ2n) is 5.03. The summed E-state index contributed by atoms with van der Waals surface area (Å²) >= 11 is 0. The third-order valence-electron chi connectivity index (χ3n) is 3.32. The van der Waals surface area contributed by atoms with Crippen molar-refractivity contribution >= 4 is 0 Å². The highest BCUT2D eigenvalue weighted by atomic mass is 19.1. The largest absolute Gasteiger partial charge is 0.457 e. The predicted octanol–water partition coefficient (Wildman–Crippen LogP) is 4.51. The molecule has 106 valence electrons. The summed E-state index contributed by atoms with van der Waals surface area (Å²) < 4.78 is 19.6. The van der Waals surface area contributed by atoms with Crippen molar-refractivity contribution in [2.75, 3.05) is 0 Å². The van der Waals surface area contributed by atoms with Crippen molar-refractivity contribution in [3.8, 4) is 11.5 Å². The van der Waals surface area contributed by atoms with Crippen LogP contribution >= 0.6 is 0 Å². The zero-order valence-corrected chi connectivity index (χ0v) is 12.1. The quantitative estimate of drug-likeness (QED) is 0.889. The molecule has 2 aromatic rings. The molecule has 3 heteroatoms. The van der Waals surface area contributed by atoms with E-state index in [9.17, 15) is 4.39 Å². The highest BCUT2D eigenvalue weighted by Crippen LogP contribution is 2.31. The van der Waals surface area contributed by atoms with Gasteiger partial charge in [-0.3, -0.25) is 0 Å². The van der Waals surface area contributed by atoms with Gasteiger partial charge >= 0.3 is 0 Å². The molecule has 0 bridgehead atoms. The SMILES string of the molecule is CCc1cccc(Oc2cc(C)c(F)cc2[C@H](C)N)c1. The summed E-state index contributed by atoms with van der Waals surface area (Å²) in [5.74, 6) is 1.11. The standard InChI is InChI=1S/C17H20FNO/c1-4-13-6-5-7-14(9-13)20-17-8-11(2)16(18)10-15(17)12(3)19/h5-10,12H,4,19H2,1-3H3/t12-/m0/s1. The van der Waals surface area contributed by atoms with Crippen LogP contribution in [0.1, 0.15) is 36.6 Å². The Morgan fingerprint density at radius 1 is 1.25 bits per heavy atom. The van der Waals surface area contributed by atoms with Crippen LogP contribution in [0.2, 0.25) is 0 Å². The monoisotopic (exact) mass is 273 g/mol. The normalized spacial score (nSPS) is 12.2. The molecule has 2 nitrogen and oxygen atoms in total. The maximum atomic E-state index is 13.7. The third kappa shape index (κ3) is 3.17. The lowest BCUT2D eigenvalue weighted by Gasteiger charge is -2.15. The molecule has 20 heavy (non-hydrogen) atoms. The molecule has 2 aromatic carbocycles. The lowest BCUT2D eigenvalue weighted by Crippen LogP contribution is -2.08. The Bertz CT molecular complexity index is 608. The molecule has 1 atom stereocenters. The van der Waals surface area contributed by atoms with Crippen LogP contribution in [0.4, 0.5) is 4.39 Å². The molecule has 2 N–H and O–H groups in total. The maximum Gasteiger partial charge on any atom is 0.132 e. The molecule has 0 heterocycles. The van der Waals surface area contributed by atoms with Gasteiger partial charge in [-0.15, -0.1) is 0 Å². The summed E-state index contributed by atoms with van der Waals surface area (Å²) in [5, 5.41) is 0. The van der Waals surface area contributed by atoms with Gasteiger partial charge in [-0.1, -0.05) is 19.1 Å². The molecular formula is C17H20FNO. The van der Waals surface area contributed by atoms with E-state index in [0.717, 1.165) is 12.2 Å². The second kappa shape index (κ2) is 6.06. The van der Waals surface area contributed by atoms with Gasteiger partial charge in [0.25, 0.3) is 0 Å². The second-order valence-corrected chi connectivity index (χ2v) is 5.03. The summed E-state index contributed by atoms with van der Waals surface area (Å²) in [7, 11) is 0. The van der Waals surface area contributed by atoms with Crippen molar-refractivity contribution < 1.29 is 9.13 Å².